The van der Waals surface area contributed by atoms with Crippen LogP contribution in [0.1, 0.15) is 22.6 Å². The Morgan fingerprint density at radius 2 is 2.05 bits per heavy atom. The highest BCUT2D eigenvalue weighted by molar-refractivity contribution is 5.85. The van der Waals surface area contributed by atoms with Crippen molar-refractivity contribution in [3.63, 3.8) is 0 Å². The van der Waals surface area contributed by atoms with Crippen LogP contribution >= 0.6 is 12.4 Å². The van der Waals surface area contributed by atoms with Gasteiger partial charge in [-0.25, -0.2) is 0 Å². The van der Waals surface area contributed by atoms with Crippen LogP contribution in [0, 0.1) is 10.1 Å². The molecule has 2 aromatic rings. The fourth-order valence-electron chi connectivity index (χ4n) is 2.97. The number of nitro benzene ring substituents is 1. The molecule has 5 nitrogen and oxygen atoms in total. The van der Waals surface area contributed by atoms with Crippen molar-refractivity contribution in [2.45, 2.75) is 12.5 Å². The minimum atomic E-state index is -0.367. The summed E-state index contributed by atoms with van der Waals surface area (Å²) in [5.41, 5.74) is 3.25. The van der Waals surface area contributed by atoms with Crippen molar-refractivity contribution < 1.29 is 10.0 Å². The first-order chi connectivity index (χ1) is 10.0. The number of likely N-dealkylation sites (N-methyl/N-ethyl adjacent to an activating group) is 1. The zero-order valence-corrected chi connectivity index (χ0v) is 12.9. The normalized spacial score (nSPS) is 17.4. The molecule has 1 aliphatic heterocycles. The third kappa shape index (κ3) is 3.05. The second-order valence-electron chi connectivity index (χ2n) is 5.48. The molecular weight excluding hydrogens is 304 g/mol. The number of nitrogens with zero attached hydrogens (tertiary/aromatic N) is 2. The van der Waals surface area contributed by atoms with E-state index in [9.17, 15) is 15.2 Å². The van der Waals surface area contributed by atoms with Crippen LogP contribution < -0.4 is 0 Å². The minimum absolute atomic E-state index is 0. The average Bonchev–Trinajstić information content (AvgIpc) is 2.46. The third-order valence-electron chi connectivity index (χ3n) is 3.92. The fourth-order valence-corrected chi connectivity index (χ4v) is 2.97. The number of hydrogen-bond donors (Lipinski definition) is 1. The predicted molar refractivity (Wildman–Crippen MR) is 86.6 cm³/mol. The van der Waals surface area contributed by atoms with E-state index in [4.69, 9.17) is 0 Å². The fraction of sp³-hybridized carbons (Fsp3) is 0.250. The summed E-state index contributed by atoms with van der Waals surface area (Å²) in [6, 6.07) is 12.2. The topological polar surface area (TPSA) is 66.6 Å². The van der Waals surface area contributed by atoms with Gasteiger partial charge in [-0.15, -0.1) is 12.4 Å². The van der Waals surface area contributed by atoms with Gasteiger partial charge in [0.25, 0.3) is 5.69 Å². The average molecular weight is 321 g/mol. The molecular formula is C16H17ClN2O3. The quantitative estimate of drug-likeness (QED) is 0.681. The zero-order valence-electron chi connectivity index (χ0n) is 12.1. The Labute approximate surface area is 134 Å². The number of benzene rings is 2. The molecule has 116 valence electrons. The summed E-state index contributed by atoms with van der Waals surface area (Å²) in [4.78, 5) is 12.7. The van der Waals surface area contributed by atoms with Crippen LogP contribution in [0.2, 0.25) is 0 Å². The number of hydrogen-bond acceptors (Lipinski definition) is 4. The first-order valence-corrected chi connectivity index (χ1v) is 6.79. The van der Waals surface area contributed by atoms with Crippen molar-refractivity contribution in [2.24, 2.45) is 0 Å². The van der Waals surface area contributed by atoms with Crippen LogP contribution in [0.3, 0.4) is 0 Å². The van der Waals surface area contributed by atoms with Gasteiger partial charge in [0.2, 0.25) is 0 Å². The van der Waals surface area contributed by atoms with Gasteiger partial charge in [-0.1, -0.05) is 18.2 Å². The van der Waals surface area contributed by atoms with E-state index in [-0.39, 0.29) is 34.7 Å². The van der Waals surface area contributed by atoms with Gasteiger partial charge in [0, 0.05) is 31.1 Å². The maximum absolute atomic E-state index is 11.0. The van der Waals surface area contributed by atoms with E-state index >= 15 is 0 Å². The number of aromatic hydroxyl groups is 1. The van der Waals surface area contributed by atoms with Gasteiger partial charge in [-0.3, -0.25) is 10.1 Å². The summed E-state index contributed by atoms with van der Waals surface area (Å²) in [5.74, 6) is 0.334. The second kappa shape index (κ2) is 6.34. The summed E-state index contributed by atoms with van der Waals surface area (Å²) in [7, 11) is 2.01. The van der Waals surface area contributed by atoms with E-state index in [0.29, 0.717) is 0 Å². The van der Waals surface area contributed by atoms with Gasteiger partial charge in [-0.2, -0.15) is 0 Å². The Kier molecular flexibility index (Phi) is 4.68. The highest BCUT2D eigenvalue weighted by Gasteiger charge is 2.26. The van der Waals surface area contributed by atoms with Gasteiger partial charge in [0.05, 0.1) is 4.92 Å². The second-order valence-corrected chi connectivity index (χ2v) is 5.48. The molecule has 2 aromatic carbocycles. The van der Waals surface area contributed by atoms with E-state index in [1.807, 2.05) is 19.2 Å². The molecule has 0 fully saturated rings. The molecule has 22 heavy (non-hydrogen) atoms. The summed E-state index contributed by atoms with van der Waals surface area (Å²) < 4.78 is 0. The monoisotopic (exact) mass is 320 g/mol. The Hall–Kier alpha value is -2.11. The molecule has 0 saturated carbocycles. The number of phenols is 1. The molecule has 1 N–H and O–H groups in total. The SMILES string of the molecule is CN1Cc2cc(O)ccc2C(c2cccc([N+](=O)[O-])c2)C1.Cl. The molecule has 1 unspecified atom stereocenters. The Bertz CT molecular complexity index is 706. The van der Waals surface area contributed by atoms with Crippen LogP contribution in [0.15, 0.2) is 42.5 Å². The summed E-state index contributed by atoms with van der Waals surface area (Å²) in [6.07, 6.45) is 0. The van der Waals surface area contributed by atoms with Crippen molar-refractivity contribution in [3.05, 3.63) is 69.3 Å². The molecule has 6 heteroatoms. The third-order valence-corrected chi connectivity index (χ3v) is 3.92. The molecule has 0 bridgehead atoms. The molecule has 0 amide bonds. The highest BCUT2D eigenvalue weighted by Crippen LogP contribution is 2.35. The van der Waals surface area contributed by atoms with Crippen molar-refractivity contribution >= 4 is 18.1 Å². The van der Waals surface area contributed by atoms with E-state index in [1.165, 1.54) is 6.07 Å². The lowest BCUT2D eigenvalue weighted by Crippen LogP contribution is -2.30. The lowest BCUT2D eigenvalue weighted by molar-refractivity contribution is -0.384. The maximum Gasteiger partial charge on any atom is 0.269 e. The molecule has 0 radical (unpaired) electrons. The van der Waals surface area contributed by atoms with Gasteiger partial charge in [0.1, 0.15) is 5.75 Å². The number of halogens is 1. The van der Waals surface area contributed by atoms with Crippen molar-refractivity contribution in [2.75, 3.05) is 13.6 Å². The first kappa shape index (κ1) is 16.3. The number of fused-ring (bicyclic) bond motifs is 1. The van der Waals surface area contributed by atoms with Crippen molar-refractivity contribution in [3.8, 4) is 5.75 Å². The summed E-state index contributed by atoms with van der Waals surface area (Å²) in [6.45, 7) is 1.58. The first-order valence-electron chi connectivity index (χ1n) is 6.79. The van der Waals surface area contributed by atoms with Gasteiger partial charge >= 0.3 is 0 Å². The van der Waals surface area contributed by atoms with Crippen molar-refractivity contribution in [1.29, 1.82) is 0 Å². The largest absolute Gasteiger partial charge is 0.508 e. The lowest BCUT2D eigenvalue weighted by Gasteiger charge is -2.32. The summed E-state index contributed by atoms with van der Waals surface area (Å²) >= 11 is 0. The number of rotatable bonds is 2. The Balaban J connectivity index is 0.00000176. The van der Waals surface area contributed by atoms with E-state index in [0.717, 1.165) is 29.8 Å². The molecule has 0 aliphatic carbocycles. The summed E-state index contributed by atoms with van der Waals surface area (Å²) in [5, 5.41) is 20.6. The number of nitro groups is 1. The molecule has 1 heterocycles. The number of non-ortho nitro benzene ring substituents is 1. The standard InChI is InChI=1S/C16H16N2O3.ClH/c1-17-9-12-8-14(19)5-6-15(12)16(10-17)11-3-2-4-13(7-11)18(20)21;/h2-8,16,19H,9-10H2,1H3;1H. The van der Waals surface area contributed by atoms with Gasteiger partial charge < -0.3 is 10.0 Å². The molecule has 0 saturated heterocycles. The Morgan fingerprint density at radius 1 is 1.27 bits per heavy atom. The molecule has 1 aliphatic rings. The number of phenolic OH excluding ortho intramolecular Hbond substituents is 1. The highest BCUT2D eigenvalue weighted by atomic mass is 35.5. The minimum Gasteiger partial charge on any atom is -0.508 e. The van der Waals surface area contributed by atoms with E-state index in [1.54, 1.807) is 24.3 Å². The van der Waals surface area contributed by atoms with Crippen LogP contribution in [0.25, 0.3) is 0 Å². The van der Waals surface area contributed by atoms with E-state index < -0.39 is 0 Å². The van der Waals surface area contributed by atoms with Crippen molar-refractivity contribution in [1.82, 2.24) is 4.90 Å². The molecule has 0 spiro atoms. The van der Waals surface area contributed by atoms with Crippen LogP contribution in [0.5, 0.6) is 5.75 Å². The van der Waals surface area contributed by atoms with E-state index in [2.05, 4.69) is 4.90 Å². The maximum atomic E-state index is 11.0. The predicted octanol–water partition coefficient (Wildman–Crippen LogP) is 3.30. The molecule has 0 aromatic heterocycles. The van der Waals surface area contributed by atoms with Crippen LogP contribution in [-0.2, 0) is 6.54 Å². The molecule has 1 atom stereocenters. The lowest BCUT2D eigenvalue weighted by atomic mass is 9.84. The smallest absolute Gasteiger partial charge is 0.269 e. The Morgan fingerprint density at radius 3 is 2.77 bits per heavy atom. The molecule has 3 rings (SSSR count). The van der Waals surface area contributed by atoms with Crippen LogP contribution in [-0.4, -0.2) is 28.5 Å². The van der Waals surface area contributed by atoms with Gasteiger partial charge in [0.15, 0.2) is 0 Å². The van der Waals surface area contributed by atoms with Crippen LogP contribution in [0.4, 0.5) is 5.69 Å². The zero-order chi connectivity index (χ0) is 15.0. The van der Waals surface area contributed by atoms with Gasteiger partial charge in [-0.05, 0) is 35.9 Å².